The van der Waals surface area contributed by atoms with Crippen molar-refractivity contribution in [1.82, 2.24) is 10.2 Å². The summed E-state index contributed by atoms with van der Waals surface area (Å²) in [7, 11) is 1.77. The third-order valence-electron chi connectivity index (χ3n) is 3.22. The van der Waals surface area contributed by atoms with Gasteiger partial charge in [0.1, 0.15) is 0 Å². The monoisotopic (exact) mass is 240 g/mol. The Hall–Kier alpha value is -0.380. The van der Waals surface area contributed by atoms with E-state index in [4.69, 9.17) is 4.74 Å². The van der Waals surface area contributed by atoms with Gasteiger partial charge in [-0.1, -0.05) is 26.8 Å². The summed E-state index contributed by atoms with van der Waals surface area (Å²) in [6, 6.07) is 0. The van der Waals surface area contributed by atoms with Crippen LogP contribution < -0.4 is 5.32 Å². The summed E-state index contributed by atoms with van der Waals surface area (Å²) in [5.41, 5.74) is 1.80. The van der Waals surface area contributed by atoms with Crippen molar-refractivity contribution in [2.24, 2.45) is 5.41 Å². The molecule has 0 aromatic carbocycles. The summed E-state index contributed by atoms with van der Waals surface area (Å²) in [5.74, 6) is 0. The molecular weight excluding hydrogens is 212 g/mol. The predicted octanol–water partition coefficient (Wildman–Crippen LogP) is 1.90. The third kappa shape index (κ3) is 5.66. The van der Waals surface area contributed by atoms with Gasteiger partial charge in [-0.25, -0.2) is 0 Å². The van der Waals surface area contributed by atoms with Gasteiger partial charge >= 0.3 is 0 Å². The Morgan fingerprint density at radius 3 is 2.76 bits per heavy atom. The van der Waals surface area contributed by atoms with Gasteiger partial charge in [0.05, 0.1) is 6.61 Å². The normalized spacial score (nSPS) is 18.2. The molecule has 0 atom stereocenters. The first-order chi connectivity index (χ1) is 8.07. The summed E-state index contributed by atoms with van der Waals surface area (Å²) in [6.45, 7) is 13.2. The van der Waals surface area contributed by atoms with Crippen molar-refractivity contribution in [3.8, 4) is 0 Å². The number of nitrogens with zero attached hydrogens (tertiary/aromatic N) is 1. The van der Waals surface area contributed by atoms with E-state index < -0.39 is 0 Å². The van der Waals surface area contributed by atoms with E-state index in [9.17, 15) is 0 Å². The van der Waals surface area contributed by atoms with Gasteiger partial charge in [0.25, 0.3) is 0 Å². The molecule has 0 saturated carbocycles. The largest absolute Gasteiger partial charge is 0.380 e. The van der Waals surface area contributed by atoms with Crippen molar-refractivity contribution < 1.29 is 4.74 Å². The maximum absolute atomic E-state index is 5.17. The number of hydrogen-bond acceptors (Lipinski definition) is 3. The molecular formula is C14H28N2O. The van der Waals surface area contributed by atoms with E-state index in [1.807, 2.05) is 0 Å². The van der Waals surface area contributed by atoms with Gasteiger partial charge in [0, 0.05) is 33.3 Å². The smallest absolute Gasteiger partial charge is 0.0673 e. The number of ether oxygens (including phenoxy) is 1. The highest BCUT2D eigenvalue weighted by molar-refractivity contribution is 5.07. The molecule has 17 heavy (non-hydrogen) atoms. The second-order valence-electron chi connectivity index (χ2n) is 5.73. The molecule has 1 heterocycles. The van der Waals surface area contributed by atoms with E-state index in [1.165, 1.54) is 12.1 Å². The molecule has 0 radical (unpaired) electrons. The molecule has 0 aliphatic carbocycles. The molecule has 0 fully saturated rings. The molecule has 3 heteroatoms. The fraction of sp³-hybridized carbons (Fsp3) is 0.857. The summed E-state index contributed by atoms with van der Waals surface area (Å²) >= 11 is 0. The second-order valence-corrected chi connectivity index (χ2v) is 5.73. The maximum Gasteiger partial charge on any atom is 0.0673 e. The van der Waals surface area contributed by atoms with Gasteiger partial charge in [-0.2, -0.15) is 0 Å². The van der Waals surface area contributed by atoms with Gasteiger partial charge in [-0.15, -0.1) is 0 Å². The molecule has 100 valence electrons. The zero-order chi connectivity index (χ0) is 12.7. The van der Waals surface area contributed by atoms with Crippen LogP contribution in [0.1, 0.15) is 27.2 Å². The van der Waals surface area contributed by atoms with Gasteiger partial charge in [0.2, 0.25) is 0 Å². The first kappa shape index (κ1) is 14.7. The van der Waals surface area contributed by atoms with E-state index in [1.54, 1.807) is 7.11 Å². The summed E-state index contributed by atoms with van der Waals surface area (Å²) in [5, 5.41) is 3.45. The van der Waals surface area contributed by atoms with Crippen LogP contribution in [-0.4, -0.2) is 51.3 Å². The molecule has 1 rings (SSSR count). The van der Waals surface area contributed by atoms with Crippen molar-refractivity contribution in [1.29, 1.82) is 0 Å². The number of hydrogen-bond donors (Lipinski definition) is 1. The van der Waals surface area contributed by atoms with Crippen molar-refractivity contribution in [3.63, 3.8) is 0 Å². The standard InChI is InChI=1S/C14H28N2O/c1-5-15-11-14(2,3)12-16-8-6-13(7-9-16)10-17-4/h6,15H,5,7-12H2,1-4H3. The Morgan fingerprint density at radius 2 is 2.24 bits per heavy atom. The zero-order valence-corrected chi connectivity index (χ0v) is 11.9. The Labute approximate surface area is 106 Å². The van der Waals surface area contributed by atoms with Gasteiger partial charge in [-0.3, -0.25) is 4.90 Å². The minimum absolute atomic E-state index is 0.350. The van der Waals surface area contributed by atoms with Crippen molar-refractivity contribution in [2.45, 2.75) is 27.2 Å². The van der Waals surface area contributed by atoms with Crippen molar-refractivity contribution in [3.05, 3.63) is 11.6 Å². The molecule has 0 bridgehead atoms. The molecule has 0 unspecified atom stereocenters. The van der Waals surface area contributed by atoms with Crippen LogP contribution in [0.25, 0.3) is 0 Å². The molecule has 1 N–H and O–H groups in total. The molecule has 0 amide bonds. The first-order valence-corrected chi connectivity index (χ1v) is 6.67. The molecule has 3 nitrogen and oxygen atoms in total. The lowest BCUT2D eigenvalue weighted by Gasteiger charge is -2.34. The average Bonchev–Trinajstić information content (AvgIpc) is 2.29. The van der Waals surface area contributed by atoms with Gasteiger partial charge < -0.3 is 10.1 Å². The fourth-order valence-electron chi connectivity index (χ4n) is 2.34. The molecule has 0 spiro atoms. The number of methoxy groups -OCH3 is 1. The van der Waals surface area contributed by atoms with Crippen LogP contribution in [0.4, 0.5) is 0 Å². The topological polar surface area (TPSA) is 24.5 Å². The van der Waals surface area contributed by atoms with E-state index in [2.05, 4.69) is 37.1 Å². The van der Waals surface area contributed by atoms with Gasteiger partial charge in [0.15, 0.2) is 0 Å². The minimum atomic E-state index is 0.350. The third-order valence-corrected chi connectivity index (χ3v) is 3.22. The minimum Gasteiger partial charge on any atom is -0.380 e. The summed E-state index contributed by atoms with van der Waals surface area (Å²) in [6.07, 6.45) is 3.49. The molecule has 1 aliphatic heterocycles. The Balaban J connectivity index is 2.34. The van der Waals surface area contributed by atoms with Crippen LogP contribution in [0, 0.1) is 5.41 Å². The van der Waals surface area contributed by atoms with E-state index >= 15 is 0 Å². The van der Waals surface area contributed by atoms with Gasteiger partial charge in [-0.05, 0) is 24.0 Å². The lowest BCUT2D eigenvalue weighted by molar-refractivity contribution is 0.174. The van der Waals surface area contributed by atoms with E-state index in [0.717, 1.165) is 39.2 Å². The van der Waals surface area contributed by atoms with Crippen LogP contribution in [0.2, 0.25) is 0 Å². The fourth-order valence-corrected chi connectivity index (χ4v) is 2.34. The van der Waals surface area contributed by atoms with Crippen molar-refractivity contribution >= 4 is 0 Å². The molecule has 1 aliphatic rings. The van der Waals surface area contributed by atoms with Crippen LogP contribution in [-0.2, 0) is 4.74 Å². The number of nitrogens with one attached hydrogen (secondary N) is 1. The highest BCUT2D eigenvalue weighted by atomic mass is 16.5. The van der Waals surface area contributed by atoms with E-state index in [0.29, 0.717) is 5.41 Å². The summed E-state index contributed by atoms with van der Waals surface area (Å²) in [4.78, 5) is 2.54. The van der Waals surface area contributed by atoms with Crippen molar-refractivity contribution in [2.75, 3.05) is 46.4 Å². The predicted molar refractivity (Wildman–Crippen MR) is 73.3 cm³/mol. The summed E-state index contributed by atoms with van der Waals surface area (Å²) < 4.78 is 5.17. The lowest BCUT2D eigenvalue weighted by Crippen LogP contribution is -2.42. The molecule has 0 aromatic heterocycles. The zero-order valence-electron chi connectivity index (χ0n) is 11.9. The average molecular weight is 240 g/mol. The van der Waals surface area contributed by atoms with Crippen LogP contribution >= 0.6 is 0 Å². The lowest BCUT2D eigenvalue weighted by atomic mass is 9.92. The molecule has 0 aromatic rings. The Morgan fingerprint density at radius 1 is 1.47 bits per heavy atom. The van der Waals surface area contributed by atoms with Crippen LogP contribution in [0.15, 0.2) is 11.6 Å². The van der Waals surface area contributed by atoms with Crippen LogP contribution in [0.3, 0.4) is 0 Å². The Bertz CT molecular complexity index is 249. The molecule has 0 saturated heterocycles. The quantitative estimate of drug-likeness (QED) is 0.688. The van der Waals surface area contributed by atoms with E-state index in [-0.39, 0.29) is 0 Å². The number of rotatable bonds is 7. The maximum atomic E-state index is 5.17. The SMILES string of the molecule is CCNCC(C)(C)CN1CC=C(COC)CC1. The highest BCUT2D eigenvalue weighted by Crippen LogP contribution is 2.19. The highest BCUT2D eigenvalue weighted by Gasteiger charge is 2.22. The second kappa shape index (κ2) is 7.14. The first-order valence-electron chi connectivity index (χ1n) is 6.67. The van der Waals surface area contributed by atoms with Crippen LogP contribution in [0.5, 0.6) is 0 Å². The Kier molecular flexibility index (Phi) is 6.17.